The van der Waals surface area contributed by atoms with Gasteiger partial charge in [-0.15, -0.1) is 0 Å². The van der Waals surface area contributed by atoms with Crippen molar-refractivity contribution >= 4 is 43.6 Å². The molecule has 0 aliphatic heterocycles. The van der Waals surface area contributed by atoms with Crippen molar-refractivity contribution in [2.75, 3.05) is 0 Å². The van der Waals surface area contributed by atoms with Crippen LogP contribution in [-0.4, -0.2) is 9.13 Å². The first kappa shape index (κ1) is 33.9. The highest BCUT2D eigenvalue weighted by atomic mass is 15.0. The third-order valence-corrected chi connectivity index (χ3v) is 11.0. The lowest BCUT2D eigenvalue weighted by molar-refractivity contribution is 1.12. The van der Waals surface area contributed by atoms with Crippen molar-refractivity contribution in [2.24, 2.45) is 0 Å². The lowest BCUT2D eigenvalue weighted by Gasteiger charge is -2.19. The van der Waals surface area contributed by atoms with E-state index in [0.29, 0.717) is 33.6 Å². The van der Waals surface area contributed by atoms with E-state index in [1.807, 2.05) is 97.1 Å². The van der Waals surface area contributed by atoms with Gasteiger partial charge in [0.05, 0.1) is 68.3 Å². The van der Waals surface area contributed by atoms with Gasteiger partial charge in [0.15, 0.2) is 0 Å². The van der Waals surface area contributed by atoms with Gasteiger partial charge in [-0.2, -0.15) is 21.0 Å². The van der Waals surface area contributed by atoms with E-state index in [1.165, 1.54) is 0 Å². The molecule has 2 aromatic heterocycles. The Hall–Kier alpha value is -8.68. The van der Waals surface area contributed by atoms with E-state index in [9.17, 15) is 21.0 Å². The number of benzene rings is 8. The van der Waals surface area contributed by atoms with E-state index < -0.39 is 0 Å². The van der Waals surface area contributed by atoms with E-state index in [-0.39, 0.29) is 0 Å². The Bertz CT molecular complexity index is 3320. The van der Waals surface area contributed by atoms with Gasteiger partial charge in [0.1, 0.15) is 11.6 Å². The fourth-order valence-corrected chi connectivity index (χ4v) is 8.43. The van der Waals surface area contributed by atoms with Crippen LogP contribution >= 0.6 is 0 Å². The molecule has 6 nitrogen and oxygen atoms in total. The summed E-state index contributed by atoms with van der Waals surface area (Å²) in [6.45, 7) is 0. The van der Waals surface area contributed by atoms with E-state index in [2.05, 4.69) is 94.1 Å². The molecule has 2 heterocycles. The molecule has 0 saturated heterocycles. The molecule has 6 heteroatoms. The molecule has 10 aromatic rings. The van der Waals surface area contributed by atoms with Gasteiger partial charge < -0.3 is 9.13 Å². The van der Waals surface area contributed by atoms with E-state index in [4.69, 9.17) is 0 Å². The Kier molecular flexibility index (Phi) is 7.92. The first-order valence-electron chi connectivity index (χ1n) is 18.7. The molecular formula is C52H28N6. The molecule has 0 radical (unpaired) electrons. The zero-order chi connectivity index (χ0) is 39.3. The second kappa shape index (κ2) is 13.6. The van der Waals surface area contributed by atoms with Crippen LogP contribution in [0.4, 0.5) is 0 Å². The first-order valence-corrected chi connectivity index (χ1v) is 18.7. The molecule has 10 rings (SSSR count). The van der Waals surface area contributed by atoms with Gasteiger partial charge >= 0.3 is 0 Å². The van der Waals surface area contributed by atoms with Crippen LogP contribution in [0, 0.1) is 45.3 Å². The van der Waals surface area contributed by atoms with Crippen LogP contribution in [0.3, 0.4) is 0 Å². The number of hydrogen-bond donors (Lipinski definition) is 0. The average molecular weight is 737 g/mol. The van der Waals surface area contributed by atoms with E-state index >= 15 is 0 Å². The fourth-order valence-electron chi connectivity index (χ4n) is 8.43. The maximum absolute atomic E-state index is 11.4. The lowest BCUT2D eigenvalue weighted by atomic mass is 9.96. The minimum atomic E-state index is 0.472. The summed E-state index contributed by atoms with van der Waals surface area (Å²) in [5, 5.41) is 44.9. The monoisotopic (exact) mass is 736 g/mol. The highest BCUT2D eigenvalue weighted by Crippen LogP contribution is 2.42. The Balaban J connectivity index is 1.30. The number of hydrogen-bond acceptors (Lipinski definition) is 4. The SMILES string of the molecule is N#Cc1cccc(-c2ccc3c(c2)c2ccccc2n3-c2cc(-c3ccccc3C#N)cc(-n3c4ccccc4c4cc(-c5cccc(C#N)c5)ccc43)c2C#N)c1. The summed E-state index contributed by atoms with van der Waals surface area (Å²) >= 11 is 0. The van der Waals surface area contributed by atoms with Crippen molar-refractivity contribution in [3.63, 3.8) is 0 Å². The number of fused-ring (bicyclic) bond motifs is 6. The largest absolute Gasteiger partial charge is 0.308 e. The van der Waals surface area contributed by atoms with Crippen LogP contribution in [0.15, 0.2) is 170 Å². The Morgan fingerprint density at radius 1 is 0.328 bits per heavy atom. The Morgan fingerprint density at radius 3 is 1.29 bits per heavy atom. The van der Waals surface area contributed by atoms with Gasteiger partial charge in [-0.05, 0) is 112 Å². The number of nitrogens with zero attached hydrogens (tertiary/aromatic N) is 6. The highest BCUT2D eigenvalue weighted by molar-refractivity contribution is 6.12. The molecule has 0 bridgehead atoms. The molecule has 0 atom stereocenters. The summed E-state index contributed by atoms with van der Waals surface area (Å²) in [7, 11) is 0. The molecule has 8 aromatic carbocycles. The first-order chi connectivity index (χ1) is 28.6. The molecule has 266 valence electrons. The van der Waals surface area contributed by atoms with Crippen molar-refractivity contribution in [2.45, 2.75) is 0 Å². The van der Waals surface area contributed by atoms with Gasteiger partial charge in [0, 0.05) is 21.5 Å². The van der Waals surface area contributed by atoms with E-state index in [0.717, 1.165) is 77.0 Å². The maximum Gasteiger partial charge on any atom is 0.104 e. The summed E-state index contributed by atoms with van der Waals surface area (Å²) in [5.74, 6) is 0. The van der Waals surface area contributed by atoms with Crippen molar-refractivity contribution in [3.05, 3.63) is 192 Å². The minimum Gasteiger partial charge on any atom is -0.308 e. The standard InChI is InChI=1S/C52H28N6/c53-29-33-9-7-12-35(23-33)37-19-21-49-44(25-37)42-15-3-5-17-47(42)57(49)51-27-40(41-14-2-1-11-39(41)31-55)28-52(46(51)32-56)58-48-18-6-4-16-43(48)45-26-38(20-22-50(45)58)36-13-8-10-34(24-36)30-54/h1-28H. The van der Waals surface area contributed by atoms with Crippen LogP contribution in [0.5, 0.6) is 0 Å². The average Bonchev–Trinajstić information content (AvgIpc) is 3.80. The van der Waals surface area contributed by atoms with Gasteiger partial charge in [0.2, 0.25) is 0 Å². The van der Waals surface area contributed by atoms with Gasteiger partial charge in [0.25, 0.3) is 0 Å². The summed E-state index contributed by atoms with van der Waals surface area (Å²) in [6.07, 6.45) is 0. The number of rotatable bonds is 5. The molecule has 58 heavy (non-hydrogen) atoms. The summed E-state index contributed by atoms with van der Waals surface area (Å²) in [5.41, 5.74) is 12.7. The number of nitriles is 4. The maximum atomic E-state index is 11.4. The predicted octanol–water partition coefficient (Wildman–Crippen LogP) is 12.4. The van der Waals surface area contributed by atoms with E-state index in [1.54, 1.807) is 12.1 Å². The van der Waals surface area contributed by atoms with Crippen molar-refractivity contribution in [1.29, 1.82) is 21.0 Å². The second-order valence-electron chi connectivity index (χ2n) is 14.2. The lowest BCUT2D eigenvalue weighted by Crippen LogP contribution is -2.05. The summed E-state index contributed by atoms with van der Waals surface area (Å²) in [6, 6.07) is 65.4. The molecule has 0 aliphatic carbocycles. The molecule has 0 fully saturated rings. The predicted molar refractivity (Wildman–Crippen MR) is 230 cm³/mol. The number of para-hydroxylation sites is 2. The summed E-state index contributed by atoms with van der Waals surface area (Å²) < 4.78 is 4.32. The quantitative estimate of drug-likeness (QED) is 0.175. The Morgan fingerprint density at radius 2 is 0.793 bits per heavy atom. The molecule has 0 aliphatic rings. The Labute approximate surface area is 333 Å². The third kappa shape index (κ3) is 5.31. The van der Waals surface area contributed by atoms with Crippen molar-refractivity contribution < 1.29 is 0 Å². The molecule has 0 amide bonds. The van der Waals surface area contributed by atoms with Gasteiger partial charge in [-0.25, -0.2) is 0 Å². The molecule has 0 N–H and O–H groups in total. The fraction of sp³-hybridized carbons (Fsp3) is 0. The third-order valence-electron chi connectivity index (χ3n) is 11.0. The summed E-state index contributed by atoms with van der Waals surface area (Å²) in [4.78, 5) is 0. The van der Waals surface area contributed by atoms with Crippen molar-refractivity contribution in [3.8, 4) is 69.0 Å². The van der Waals surface area contributed by atoms with Crippen LogP contribution < -0.4 is 0 Å². The smallest absolute Gasteiger partial charge is 0.104 e. The van der Waals surface area contributed by atoms with Crippen LogP contribution in [-0.2, 0) is 0 Å². The molecular weight excluding hydrogens is 709 g/mol. The topological polar surface area (TPSA) is 105 Å². The van der Waals surface area contributed by atoms with Crippen LogP contribution in [0.1, 0.15) is 22.3 Å². The minimum absolute atomic E-state index is 0.472. The molecule has 0 saturated carbocycles. The second-order valence-corrected chi connectivity index (χ2v) is 14.2. The highest BCUT2D eigenvalue weighted by Gasteiger charge is 2.23. The number of aromatic nitrogens is 2. The van der Waals surface area contributed by atoms with Crippen molar-refractivity contribution in [1.82, 2.24) is 9.13 Å². The van der Waals surface area contributed by atoms with Gasteiger partial charge in [-0.1, -0.05) is 91.0 Å². The van der Waals surface area contributed by atoms with Crippen LogP contribution in [0.25, 0.3) is 88.4 Å². The normalized spacial score (nSPS) is 11.0. The molecule has 0 unspecified atom stereocenters. The van der Waals surface area contributed by atoms with Gasteiger partial charge in [-0.3, -0.25) is 0 Å². The van der Waals surface area contributed by atoms with Crippen LogP contribution in [0.2, 0.25) is 0 Å². The molecule has 0 spiro atoms. The zero-order valence-corrected chi connectivity index (χ0v) is 30.8. The zero-order valence-electron chi connectivity index (χ0n) is 30.8.